The minimum atomic E-state index is -0.115. The molecule has 1 aromatic carbocycles. The van der Waals surface area contributed by atoms with Crippen molar-refractivity contribution in [1.29, 1.82) is 0 Å². The summed E-state index contributed by atoms with van der Waals surface area (Å²) >= 11 is 1.49. The summed E-state index contributed by atoms with van der Waals surface area (Å²) in [7, 11) is 1.91. The predicted octanol–water partition coefficient (Wildman–Crippen LogP) is 3.96. The second kappa shape index (κ2) is 6.06. The SMILES string of the molecule is Cc1cccc(C(C)(C)CNC(=O)c2cc3c(C)nn(C)c3s2)c1. The van der Waals surface area contributed by atoms with E-state index in [2.05, 4.69) is 55.5 Å². The molecule has 5 heteroatoms. The van der Waals surface area contributed by atoms with E-state index >= 15 is 0 Å². The van der Waals surface area contributed by atoms with Crippen molar-refractivity contribution in [3.05, 3.63) is 52.0 Å². The highest BCUT2D eigenvalue weighted by Gasteiger charge is 2.23. The van der Waals surface area contributed by atoms with Gasteiger partial charge in [-0.2, -0.15) is 5.10 Å². The Bertz CT molecular complexity index is 870. The molecule has 0 saturated carbocycles. The van der Waals surface area contributed by atoms with Gasteiger partial charge in [0.25, 0.3) is 5.91 Å². The summed E-state index contributed by atoms with van der Waals surface area (Å²) in [6.45, 7) is 8.96. The average Bonchev–Trinajstić information content (AvgIpc) is 3.07. The number of hydrogen-bond donors (Lipinski definition) is 1. The molecule has 3 rings (SSSR count). The van der Waals surface area contributed by atoms with Gasteiger partial charge in [-0.15, -0.1) is 11.3 Å². The van der Waals surface area contributed by atoms with Crippen LogP contribution in [0.5, 0.6) is 0 Å². The largest absolute Gasteiger partial charge is 0.350 e. The van der Waals surface area contributed by atoms with Gasteiger partial charge >= 0.3 is 0 Å². The normalized spacial score (nSPS) is 11.9. The van der Waals surface area contributed by atoms with Gasteiger partial charge in [-0.1, -0.05) is 43.7 Å². The highest BCUT2D eigenvalue weighted by molar-refractivity contribution is 7.20. The zero-order valence-electron chi connectivity index (χ0n) is 14.8. The Morgan fingerprint density at radius 2 is 2.04 bits per heavy atom. The molecule has 0 spiro atoms. The Labute approximate surface area is 146 Å². The topological polar surface area (TPSA) is 46.9 Å². The first-order valence-electron chi connectivity index (χ1n) is 8.06. The van der Waals surface area contributed by atoms with Crippen LogP contribution in [-0.4, -0.2) is 22.2 Å². The fourth-order valence-electron chi connectivity index (χ4n) is 2.87. The number of nitrogens with one attached hydrogen (secondary N) is 1. The summed E-state index contributed by atoms with van der Waals surface area (Å²) in [4.78, 5) is 14.3. The van der Waals surface area contributed by atoms with Crippen molar-refractivity contribution < 1.29 is 4.79 Å². The zero-order valence-corrected chi connectivity index (χ0v) is 15.6. The summed E-state index contributed by atoms with van der Waals surface area (Å²) in [6, 6.07) is 10.4. The van der Waals surface area contributed by atoms with E-state index in [4.69, 9.17) is 0 Å². The van der Waals surface area contributed by atoms with E-state index in [0.29, 0.717) is 6.54 Å². The smallest absolute Gasteiger partial charge is 0.261 e. The molecular formula is C19H23N3OS. The lowest BCUT2D eigenvalue weighted by Crippen LogP contribution is -2.36. The molecule has 2 heterocycles. The van der Waals surface area contributed by atoms with Crippen molar-refractivity contribution in [3.63, 3.8) is 0 Å². The number of hydrogen-bond acceptors (Lipinski definition) is 3. The molecular weight excluding hydrogens is 318 g/mol. The molecule has 0 bridgehead atoms. The summed E-state index contributed by atoms with van der Waals surface area (Å²) in [5.74, 6) is -0.0173. The van der Waals surface area contributed by atoms with Crippen LogP contribution in [0.4, 0.5) is 0 Å². The Morgan fingerprint density at radius 3 is 2.71 bits per heavy atom. The fraction of sp³-hybridized carbons (Fsp3) is 0.368. The van der Waals surface area contributed by atoms with Crippen LogP contribution in [0.25, 0.3) is 10.2 Å². The lowest BCUT2D eigenvalue weighted by atomic mass is 9.84. The molecule has 126 valence electrons. The van der Waals surface area contributed by atoms with E-state index in [1.165, 1.54) is 22.5 Å². The van der Waals surface area contributed by atoms with Crippen LogP contribution < -0.4 is 5.32 Å². The second-order valence-corrected chi connectivity index (χ2v) is 8.01. The molecule has 4 nitrogen and oxygen atoms in total. The van der Waals surface area contributed by atoms with Crippen molar-refractivity contribution in [2.75, 3.05) is 6.54 Å². The first-order chi connectivity index (χ1) is 11.3. The molecule has 3 aromatic rings. The molecule has 1 N–H and O–H groups in total. The monoisotopic (exact) mass is 341 g/mol. The molecule has 0 aliphatic heterocycles. The molecule has 0 fully saturated rings. The van der Waals surface area contributed by atoms with E-state index < -0.39 is 0 Å². The molecule has 1 amide bonds. The standard InChI is InChI=1S/C19H23N3OS/c1-12-7-6-8-14(9-12)19(3,4)11-20-17(23)16-10-15-13(2)21-22(5)18(15)24-16/h6-10H,11H2,1-5H3,(H,20,23). The molecule has 0 radical (unpaired) electrons. The molecule has 0 unspecified atom stereocenters. The van der Waals surface area contributed by atoms with Crippen LogP contribution in [0.3, 0.4) is 0 Å². The van der Waals surface area contributed by atoms with Crippen molar-refractivity contribution in [3.8, 4) is 0 Å². The number of fused-ring (bicyclic) bond motifs is 1. The van der Waals surface area contributed by atoms with Gasteiger partial charge in [-0.05, 0) is 25.5 Å². The first kappa shape index (κ1) is 16.7. The van der Waals surface area contributed by atoms with Gasteiger partial charge in [-0.25, -0.2) is 0 Å². The lowest BCUT2D eigenvalue weighted by Gasteiger charge is -2.26. The highest BCUT2D eigenvalue weighted by atomic mass is 32.1. The Balaban J connectivity index is 1.75. The van der Waals surface area contributed by atoms with Crippen LogP contribution in [0, 0.1) is 13.8 Å². The predicted molar refractivity (Wildman–Crippen MR) is 99.9 cm³/mol. The van der Waals surface area contributed by atoms with Crippen LogP contribution in [-0.2, 0) is 12.5 Å². The van der Waals surface area contributed by atoms with E-state index in [1.54, 1.807) is 0 Å². The van der Waals surface area contributed by atoms with Gasteiger partial charge in [0.05, 0.1) is 10.6 Å². The quantitative estimate of drug-likeness (QED) is 0.781. The van der Waals surface area contributed by atoms with Crippen molar-refractivity contribution in [1.82, 2.24) is 15.1 Å². The number of thiophene rings is 1. The number of aromatic nitrogens is 2. The fourth-order valence-corrected chi connectivity index (χ4v) is 3.91. The molecule has 0 saturated heterocycles. The molecule has 0 aliphatic rings. The average molecular weight is 341 g/mol. The summed E-state index contributed by atoms with van der Waals surface area (Å²) in [6.07, 6.45) is 0. The summed E-state index contributed by atoms with van der Waals surface area (Å²) in [5, 5.41) is 8.53. The number of amides is 1. The molecule has 0 atom stereocenters. The third-order valence-electron chi connectivity index (χ3n) is 4.41. The van der Waals surface area contributed by atoms with E-state index in [-0.39, 0.29) is 11.3 Å². The number of carbonyl (C=O) groups is 1. The maximum absolute atomic E-state index is 12.5. The van der Waals surface area contributed by atoms with E-state index in [0.717, 1.165) is 20.8 Å². The number of nitrogens with zero attached hydrogens (tertiary/aromatic N) is 2. The molecule has 24 heavy (non-hydrogen) atoms. The van der Waals surface area contributed by atoms with Crippen LogP contribution in [0.1, 0.15) is 40.3 Å². The third-order valence-corrected chi connectivity index (χ3v) is 5.61. The van der Waals surface area contributed by atoms with Crippen LogP contribution in [0.15, 0.2) is 30.3 Å². The summed E-state index contributed by atoms with van der Waals surface area (Å²) < 4.78 is 1.84. The Hall–Kier alpha value is -2.14. The number of rotatable bonds is 4. The van der Waals surface area contributed by atoms with Gasteiger partial charge in [-0.3, -0.25) is 9.48 Å². The van der Waals surface area contributed by atoms with Gasteiger partial charge in [0.1, 0.15) is 4.83 Å². The van der Waals surface area contributed by atoms with E-state index in [1.807, 2.05) is 24.7 Å². The lowest BCUT2D eigenvalue weighted by molar-refractivity contribution is 0.0950. The minimum Gasteiger partial charge on any atom is -0.350 e. The molecule has 0 aliphatic carbocycles. The van der Waals surface area contributed by atoms with Gasteiger partial charge in [0.2, 0.25) is 0 Å². The first-order valence-corrected chi connectivity index (χ1v) is 8.88. The van der Waals surface area contributed by atoms with Crippen molar-refractivity contribution in [2.45, 2.75) is 33.1 Å². The van der Waals surface area contributed by atoms with Crippen molar-refractivity contribution in [2.24, 2.45) is 7.05 Å². The van der Waals surface area contributed by atoms with Gasteiger partial charge in [0.15, 0.2) is 0 Å². The zero-order chi connectivity index (χ0) is 17.5. The maximum Gasteiger partial charge on any atom is 0.261 e. The number of aryl methyl sites for hydroxylation is 3. The van der Waals surface area contributed by atoms with Crippen LogP contribution in [0.2, 0.25) is 0 Å². The maximum atomic E-state index is 12.5. The highest BCUT2D eigenvalue weighted by Crippen LogP contribution is 2.28. The van der Waals surface area contributed by atoms with E-state index in [9.17, 15) is 4.79 Å². The number of carbonyl (C=O) groups excluding carboxylic acids is 1. The van der Waals surface area contributed by atoms with Gasteiger partial charge < -0.3 is 5.32 Å². The second-order valence-electron chi connectivity index (χ2n) is 6.97. The third kappa shape index (κ3) is 3.08. The Morgan fingerprint density at radius 1 is 1.29 bits per heavy atom. The molecule has 2 aromatic heterocycles. The summed E-state index contributed by atoms with van der Waals surface area (Å²) in [5.41, 5.74) is 3.32. The minimum absolute atomic E-state index is 0.0173. The van der Waals surface area contributed by atoms with Crippen LogP contribution >= 0.6 is 11.3 Å². The van der Waals surface area contributed by atoms with Gasteiger partial charge in [0, 0.05) is 24.4 Å². The Kier molecular flexibility index (Phi) is 4.22. The number of benzene rings is 1. The van der Waals surface area contributed by atoms with Crippen molar-refractivity contribution >= 4 is 27.5 Å².